The van der Waals surface area contributed by atoms with Gasteiger partial charge >= 0.3 is 0 Å². The fraction of sp³-hybridized carbons (Fsp3) is 0.419. The lowest BCUT2D eigenvalue weighted by Crippen LogP contribution is -2.39. The molecule has 2 aliphatic rings. The lowest BCUT2D eigenvalue weighted by Gasteiger charge is -2.36. The summed E-state index contributed by atoms with van der Waals surface area (Å²) < 4.78 is 29.4. The Kier molecular flexibility index (Phi) is 6.99. The Balaban J connectivity index is 1.43. The highest BCUT2D eigenvalue weighted by Gasteiger charge is 2.41. The summed E-state index contributed by atoms with van der Waals surface area (Å²) in [6.45, 7) is 5.14. The normalized spacial score (nSPS) is 17.1. The Morgan fingerprint density at radius 3 is 2.62 bits per heavy atom. The summed E-state index contributed by atoms with van der Waals surface area (Å²) in [5, 5.41) is 14.6. The molecule has 1 saturated heterocycles. The molecular formula is C31H32FN5O3. The van der Waals surface area contributed by atoms with Gasteiger partial charge in [-0.25, -0.2) is 8.91 Å². The van der Waals surface area contributed by atoms with Crippen molar-refractivity contribution in [3.8, 4) is 17.2 Å². The van der Waals surface area contributed by atoms with E-state index in [0.717, 1.165) is 43.4 Å². The third kappa shape index (κ3) is 4.72. The molecule has 40 heavy (non-hydrogen) atoms. The number of aromatic nitrogens is 4. The summed E-state index contributed by atoms with van der Waals surface area (Å²) in [6.07, 6.45) is 4.80. The molecule has 1 spiro atoms. The summed E-state index contributed by atoms with van der Waals surface area (Å²) in [4.78, 5) is 19.0. The van der Waals surface area contributed by atoms with Gasteiger partial charge < -0.3 is 9.47 Å². The average molecular weight is 542 g/mol. The molecule has 1 aliphatic carbocycles. The molecule has 0 N–H and O–H groups in total. The summed E-state index contributed by atoms with van der Waals surface area (Å²) in [5.74, 6) is 0.306. The van der Waals surface area contributed by atoms with Gasteiger partial charge in [0, 0.05) is 30.9 Å². The van der Waals surface area contributed by atoms with Crippen LogP contribution in [0.1, 0.15) is 73.3 Å². The van der Waals surface area contributed by atoms with Crippen LogP contribution in [0.25, 0.3) is 16.9 Å². The molecule has 0 atom stereocenters. The molecule has 0 bridgehead atoms. The Labute approximate surface area is 232 Å². The van der Waals surface area contributed by atoms with Gasteiger partial charge in [0.1, 0.15) is 11.6 Å². The number of nitriles is 1. The predicted octanol–water partition coefficient (Wildman–Crippen LogP) is 5.28. The molecule has 6 rings (SSSR count). The molecule has 1 saturated carbocycles. The van der Waals surface area contributed by atoms with Crippen molar-refractivity contribution in [1.82, 2.24) is 19.2 Å². The first-order valence-electron chi connectivity index (χ1n) is 14.0. The molecule has 2 fully saturated rings. The van der Waals surface area contributed by atoms with Crippen LogP contribution in [0.3, 0.4) is 0 Å². The quantitative estimate of drug-likeness (QED) is 0.330. The van der Waals surface area contributed by atoms with E-state index in [1.165, 1.54) is 12.1 Å². The van der Waals surface area contributed by atoms with E-state index in [4.69, 9.17) is 14.6 Å². The number of fused-ring (bicyclic) bond motifs is 1. The molecule has 9 heteroatoms. The van der Waals surface area contributed by atoms with E-state index in [-0.39, 0.29) is 17.4 Å². The van der Waals surface area contributed by atoms with Crippen molar-refractivity contribution in [2.24, 2.45) is 0 Å². The van der Waals surface area contributed by atoms with Crippen LogP contribution in [0.4, 0.5) is 4.39 Å². The molecule has 0 amide bonds. The Morgan fingerprint density at radius 1 is 1.15 bits per heavy atom. The molecule has 0 unspecified atom stereocenters. The number of aryl methyl sites for hydroxylation is 2. The van der Waals surface area contributed by atoms with Gasteiger partial charge in [-0.2, -0.15) is 15.3 Å². The smallest absolute Gasteiger partial charge is 0.259 e. The van der Waals surface area contributed by atoms with E-state index >= 15 is 0 Å². The largest absolute Gasteiger partial charge is 0.348 e. The second kappa shape index (κ2) is 10.6. The summed E-state index contributed by atoms with van der Waals surface area (Å²) >= 11 is 0. The monoisotopic (exact) mass is 541 g/mol. The van der Waals surface area contributed by atoms with Crippen molar-refractivity contribution in [3.63, 3.8) is 0 Å². The van der Waals surface area contributed by atoms with Crippen LogP contribution in [0.5, 0.6) is 0 Å². The number of nitrogens with zero attached hydrogens (tertiary/aromatic N) is 5. The number of hydrogen-bond donors (Lipinski definition) is 0. The fourth-order valence-corrected chi connectivity index (χ4v) is 6.22. The summed E-state index contributed by atoms with van der Waals surface area (Å²) in [7, 11) is 0. The zero-order chi connectivity index (χ0) is 27.9. The second-order valence-electron chi connectivity index (χ2n) is 10.7. The van der Waals surface area contributed by atoms with Crippen LogP contribution in [0, 0.1) is 24.1 Å². The summed E-state index contributed by atoms with van der Waals surface area (Å²) in [6, 6.07) is 14.0. The van der Waals surface area contributed by atoms with Gasteiger partial charge in [0.05, 0.1) is 30.5 Å². The third-order valence-electron chi connectivity index (χ3n) is 8.10. The number of halogens is 1. The topological polar surface area (TPSA) is 94.4 Å². The van der Waals surface area contributed by atoms with E-state index in [9.17, 15) is 14.4 Å². The molecule has 2 aromatic heterocycles. The van der Waals surface area contributed by atoms with Gasteiger partial charge in [0.25, 0.3) is 5.56 Å². The first-order valence-corrected chi connectivity index (χ1v) is 14.0. The Morgan fingerprint density at radius 2 is 1.93 bits per heavy atom. The van der Waals surface area contributed by atoms with Crippen LogP contribution in [-0.2, 0) is 22.3 Å². The maximum absolute atomic E-state index is 14.3. The minimum atomic E-state index is -0.526. The zero-order valence-corrected chi connectivity index (χ0v) is 22.8. The van der Waals surface area contributed by atoms with Crippen LogP contribution in [-0.4, -0.2) is 38.2 Å². The minimum Gasteiger partial charge on any atom is -0.348 e. The standard InChI is InChI=1S/C31H32FN5O3/c1-3-5-28-27(17-21-8-9-26(23(16-21)19-33)22-6-4-7-24(32)18-22)29(38)36(30-34-20(2)35-37(28)30)25-10-12-31(13-11-25)39-14-15-40-31/h4,6-9,16,18,25H,3,5,10-15,17H2,1-2H3. The zero-order valence-electron chi connectivity index (χ0n) is 22.8. The lowest BCUT2D eigenvalue weighted by molar-refractivity contribution is -0.181. The lowest BCUT2D eigenvalue weighted by atomic mass is 9.89. The van der Waals surface area contributed by atoms with Crippen LogP contribution in [0.15, 0.2) is 47.3 Å². The number of benzene rings is 2. The van der Waals surface area contributed by atoms with E-state index in [1.807, 2.05) is 28.1 Å². The third-order valence-corrected chi connectivity index (χ3v) is 8.10. The molecular weight excluding hydrogens is 509 g/mol. The highest BCUT2D eigenvalue weighted by molar-refractivity contribution is 5.71. The summed E-state index contributed by atoms with van der Waals surface area (Å²) in [5.41, 5.74) is 4.02. The maximum Gasteiger partial charge on any atom is 0.259 e. The highest BCUT2D eigenvalue weighted by Crippen LogP contribution is 2.40. The van der Waals surface area contributed by atoms with Gasteiger partial charge in [-0.1, -0.05) is 37.6 Å². The first kappa shape index (κ1) is 26.4. The van der Waals surface area contributed by atoms with E-state index in [2.05, 4.69) is 18.0 Å². The second-order valence-corrected chi connectivity index (χ2v) is 10.7. The Hall–Kier alpha value is -3.87. The van der Waals surface area contributed by atoms with E-state index < -0.39 is 5.79 Å². The van der Waals surface area contributed by atoms with Crippen LogP contribution < -0.4 is 5.56 Å². The van der Waals surface area contributed by atoms with E-state index in [0.29, 0.717) is 59.9 Å². The number of rotatable bonds is 6. The molecule has 3 heterocycles. The highest BCUT2D eigenvalue weighted by atomic mass is 19.1. The molecule has 8 nitrogen and oxygen atoms in total. The van der Waals surface area contributed by atoms with Gasteiger partial charge in [-0.3, -0.25) is 9.36 Å². The number of hydrogen-bond acceptors (Lipinski definition) is 6. The van der Waals surface area contributed by atoms with Gasteiger partial charge in [-0.15, -0.1) is 0 Å². The molecule has 206 valence electrons. The van der Waals surface area contributed by atoms with Crippen LogP contribution >= 0.6 is 0 Å². The van der Waals surface area contributed by atoms with E-state index in [1.54, 1.807) is 18.2 Å². The molecule has 4 aromatic rings. The Bertz CT molecular complexity index is 1670. The SMILES string of the molecule is CCCc1c(Cc2ccc(-c3cccc(F)c3)c(C#N)c2)c(=O)n(C2CCC3(CC2)OCCO3)c2nc(C)nn12. The first-order chi connectivity index (χ1) is 19.4. The predicted molar refractivity (Wildman–Crippen MR) is 147 cm³/mol. The van der Waals surface area contributed by atoms with Crippen molar-refractivity contribution in [3.05, 3.63) is 86.8 Å². The van der Waals surface area contributed by atoms with Gasteiger partial charge in [-0.05, 0) is 61.1 Å². The van der Waals surface area contributed by atoms with Gasteiger partial charge in [0.15, 0.2) is 5.79 Å². The molecule has 1 aliphatic heterocycles. The molecule has 0 radical (unpaired) electrons. The fourth-order valence-electron chi connectivity index (χ4n) is 6.22. The minimum absolute atomic E-state index is 0.0449. The van der Waals surface area contributed by atoms with Crippen molar-refractivity contribution >= 4 is 5.78 Å². The number of ether oxygens (including phenoxy) is 2. The van der Waals surface area contributed by atoms with Crippen molar-refractivity contribution < 1.29 is 13.9 Å². The van der Waals surface area contributed by atoms with Crippen molar-refractivity contribution in [1.29, 1.82) is 5.26 Å². The average Bonchev–Trinajstić information content (AvgIpc) is 3.57. The maximum atomic E-state index is 14.3. The molecule has 2 aromatic carbocycles. The van der Waals surface area contributed by atoms with Crippen molar-refractivity contribution in [2.75, 3.05) is 13.2 Å². The van der Waals surface area contributed by atoms with Crippen LogP contribution in [0.2, 0.25) is 0 Å². The van der Waals surface area contributed by atoms with Gasteiger partial charge in [0.2, 0.25) is 5.78 Å². The van der Waals surface area contributed by atoms with Crippen molar-refractivity contribution in [2.45, 2.75) is 70.6 Å².